The van der Waals surface area contributed by atoms with Crippen LogP contribution in [0.4, 0.5) is 0 Å². The number of carbonyl (C=O) groups excluding carboxylic acids is 1. The molecule has 3 unspecified atom stereocenters. The van der Waals surface area contributed by atoms with Gasteiger partial charge in [0.1, 0.15) is 0 Å². The molecule has 3 atom stereocenters. The number of amides is 1. The van der Waals surface area contributed by atoms with Gasteiger partial charge in [-0.25, -0.2) is 0 Å². The summed E-state index contributed by atoms with van der Waals surface area (Å²) in [5.74, 6) is 0.471. The highest BCUT2D eigenvalue weighted by atomic mass is 16.2. The number of aryl methyl sites for hydroxylation is 1. The molecule has 116 valence electrons. The molecule has 1 aliphatic carbocycles. The summed E-state index contributed by atoms with van der Waals surface area (Å²) in [6.07, 6.45) is 3.99. The molecule has 0 spiro atoms. The third kappa shape index (κ3) is 3.85. The lowest BCUT2D eigenvalue weighted by Crippen LogP contribution is -2.41. The summed E-state index contributed by atoms with van der Waals surface area (Å²) >= 11 is 0. The number of hydrogen-bond acceptors (Lipinski definition) is 2. The minimum Gasteiger partial charge on any atom is -0.349 e. The number of rotatable bonds is 5. The monoisotopic (exact) mass is 288 g/mol. The Morgan fingerprint density at radius 3 is 2.43 bits per heavy atom. The van der Waals surface area contributed by atoms with Crippen molar-refractivity contribution in [1.82, 2.24) is 5.32 Å². The Bertz CT molecular complexity index is 467. The van der Waals surface area contributed by atoms with E-state index in [1.807, 2.05) is 0 Å². The van der Waals surface area contributed by atoms with Crippen LogP contribution in [-0.2, 0) is 11.2 Å². The standard InChI is InChI=1S/C18H28N2O/c1-4-13-8-10-14(11-9-13)17(12(2)3)20-18(21)15-6-5-7-16(15)19/h8-12,15-17H,4-7,19H2,1-3H3,(H,20,21). The highest BCUT2D eigenvalue weighted by Gasteiger charge is 2.32. The lowest BCUT2D eigenvalue weighted by Gasteiger charge is -2.26. The molecule has 1 aromatic rings. The molecule has 3 N–H and O–H groups in total. The molecule has 1 saturated carbocycles. The second-order valence-electron chi connectivity index (χ2n) is 6.53. The first-order valence-corrected chi connectivity index (χ1v) is 8.17. The van der Waals surface area contributed by atoms with Crippen molar-refractivity contribution in [2.45, 2.75) is 58.5 Å². The molecule has 3 nitrogen and oxygen atoms in total. The summed E-state index contributed by atoms with van der Waals surface area (Å²) in [6, 6.07) is 8.67. The molecule has 1 fully saturated rings. The van der Waals surface area contributed by atoms with E-state index >= 15 is 0 Å². The minimum absolute atomic E-state index is 0.0128. The Balaban J connectivity index is 2.09. The van der Waals surface area contributed by atoms with Crippen molar-refractivity contribution in [2.75, 3.05) is 0 Å². The summed E-state index contributed by atoms with van der Waals surface area (Å²) in [5, 5.41) is 3.22. The number of benzene rings is 1. The van der Waals surface area contributed by atoms with Crippen molar-refractivity contribution >= 4 is 5.91 Å². The fourth-order valence-corrected chi connectivity index (χ4v) is 3.17. The van der Waals surface area contributed by atoms with Crippen LogP contribution in [0.15, 0.2) is 24.3 Å². The topological polar surface area (TPSA) is 55.1 Å². The van der Waals surface area contributed by atoms with Gasteiger partial charge in [-0.3, -0.25) is 4.79 Å². The van der Waals surface area contributed by atoms with E-state index in [4.69, 9.17) is 5.73 Å². The van der Waals surface area contributed by atoms with E-state index < -0.39 is 0 Å². The Kier molecular flexibility index (Phi) is 5.40. The summed E-state index contributed by atoms with van der Waals surface area (Å²) in [7, 11) is 0. The second-order valence-corrected chi connectivity index (χ2v) is 6.53. The SMILES string of the molecule is CCc1ccc(C(NC(=O)C2CCCC2N)C(C)C)cc1. The normalized spacial score (nSPS) is 23.3. The smallest absolute Gasteiger partial charge is 0.225 e. The average molecular weight is 288 g/mol. The van der Waals surface area contributed by atoms with Gasteiger partial charge in [-0.1, -0.05) is 51.5 Å². The van der Waals surface area contributed by atoms with Gasteiger partial charge in [0, 0.05) is 6.04 Å². The quantitative estimate of drug-likeness (QED) is 0.874. The molecular weight excluding hydrogens is 260 g/mol. The van der Waals surface area contributed by atoms with E-state index in [1.54, 1.807) is 0 Å². The molecule has 3 heteroatoms. The maximum atomic E-state index is 12.5. The van der Waals surface area contributed by atoms with Crippen molar-refractivity contribution < 1.29 is 4.79 Å². The molecule has 0 heterocycles. The molecule has 1 aliphatic rings. The first-order chi connectivity index (χ1) is 10.0. The highest BCUT2D eigenvalue weighted by Crippen LogP contribution is 2.27. The van der Waals surface area contributed by atoms with Gasteiger partial charge in [0.2, 0.25) is 5.91 Å². The summed E-state index contributed by atoms with van der Waals surface area (Å²) in [6.45, 7) is 6.44. The van der Waals surface area contributed by atoms with E-state index in [2.05, 4.69) is 50.4 Å². The van der Waals surface area contributed by atoms with Crippen LogP contribution in [0.5, 0.6) is 0 Å². The van der Waals surface area contributed by atoms with Crippen molar-refractivity contribution in [1.29, 1.82) is 0 Å². The van der Waals surface area contributed by atoms with Gasteiger partial charge in [-0.05, 0) is 36.3 Å². The number of carbonyl (C=O) groups is 1. The molecule has 21 heavy (non-hydrogen) atoms. The van der Waals surface area contributed by atoms with Crippen molar-refractivity contribution in [3.63, 3.8) is 0 Å². The van der Waals surface area contributed by atoms with E-state index in [0.717, 1.165) is 25.7 Å². The molecular formula is C18H28N2O. The molecule has 1 aromatic carbocycles. The third-order valence-corrected chi connectivity index (χ3v) is 4.62. The highest BCUT2D eigenvalue weighted by molar-refractivity contribution is 5.80. The van der Waals surface area contributed by atoms with Crippen molar-refractivity contribution in [3.05, 3.63) is 35.4 Å². The van der Waals surface area contributed by atoms with Crippen LogP contribution in [0.25, 0.3) is 0 Å². The fourth-order valence-electron chi connectivity index (χ4n) is 3.17. The predicted molar refractivity (Wildman–Crippen MR) is 86.9 cm³/mol. The number of nitrogens with one attached hydrogen (secondary N) is 1. The van der Waals surface area contributed by atoms with E-state index in [1.165, 1.54) is 11.1 Å². The van der Waals surface area contributed by atoms with Crippen LogP contribution in [0.1, 0.15) is 57.2 Å². The van der Waals surface area contributed by atoms with Gasteiger partial charge in [-0.15, -0.1) is 0 Å². The molecule has 0 aromatic heterocycles. The van der Waals surface area contributed by atoms with Crippen LogP contribution in [0.2, 0.25) is 0 Å². The largest absolute Gasteiger partial charge is 0.349 e. The molecule has 1 amide bonds. The van der Waals surface area contributed by atoms with E-state index in [0.29, 0.717) is 5.92 Å². The number of hydrogen-bond donors (Lipinski definition) is 2. The van der Waals surface area contributed by atoms with Crippen molar-refractivity contribution in [3.8, 4) is 0 Å². The lowest BCUT2D eigenvalue weighted by atomic mass is 9.93. The zero-order valence-electron chi connectivity index (χ0n) is 13.4. The van der Waals surface area contributed by atoms with Gasteiger partial charge in [-0.2, -0.15) is 0 Å². The zero-order valence-corrected chi connectivity index (χ0v) is 13.4. The summed E-state index contributed by atoms with van der Waals surface area (Å²) in [5.41, 5.74) is 8.55. The Morgan fingerprint density at radius 2 is 1.95 bits per heavy atom. The zero-order chi connectivity index (χ0) is 15.4. The first kappa shape index (κ1) is 16.0. The van der Waals surface area contributed by atoms with Crippen molar-refractivity contribution in [2.24, 2.45) is 17.6 Å². The van der Waals surface area contributed by atoms with Gasteiger partial charge in [0.05, 0.1) is 12.0 Å². The van der Waals surface area contributed by atoms with Gasteiger partial charge in [0.25, 0.3) is 0 Å². The Morgan fingerprint density at radius 1 is 1.29 bits per heavy atom. The maximum absolute atomic E-state index is 12.5. The first-order valence-electron chi connectivity index (χ1n) is 8.17. The van der Waals surface area contributed by atoms with Gasteiger partial charge < -0.3 is 11.1 Å². The molecule has 2 rings (SSSR count). The molecule has 0 radical (unpaired) electrons. The molecule has 0 saturated heterocycles. The Hall–Kier alpha value is -1.35. The van der Waals surface area contributed by atoms with E-state index in [9.17, 15) is 4.79 Å². The van der Waals surface area contributed by atoms with Crippen LogP contribution >= 0.6 is 0 Å². The van der Waals surface area contributed by atoms with Crippen LogP contribution in [-0.4, -0.2) is 11.9 Å². The van der Waals surface area contributed by atoms with Gasteiger partial charge in [0.15, 0.2) is 0 Å². The fraction of sp³-hybridized carbons (Fsp3) is 0.611. The predicted octanol–water partition coefficient (Wildman–Crippen LogP) is 3.19. The maximum Gasteiger partial charge on any atom is 0.225 e. The summed E-state index contributed by atoms with van der Waals surface area (Å²) in [4.78, 5) is 12.5. The lowest BCUT2D eigenvalue weighted by molar-refractivity contribution is -0.126. The van der Waals surface area contributed by atoms with Crippen LogP contribution in [0.3, 0.4) is 0 Å². The average Bonchev–Trinajstić information content (AvgIpc) is 2.90. The van der Waals surface area contributed by atoms with Gasteiger partial charge >= 0.3 is 0 Å². The molecule has 0 bridgehead atoms. The summed E-state index contributed by atoms with van der Waals surface area (Å²) < 4.78 is 0. The second kappa shape index (κ2) is 7.08. The Labute approximate surface area is 128 Å². The minimum atomic E-state index is -0.0128. The van der Waals surface area contributed by atoms with E-state index in [-0.39, 0.29) is 23.9 Å². The third-order valence-electron chi connectivity index (χ3n) is 4.62. The molecule has 0 aliphatic heterocycles. The number of nitrogens with two attached hydrogens (primary N) is 1. The van der Waals surface area contributed by atoms with Crippen LogP contribution in [0, 0.1) is 11.8 Å². The van der Waals surface area contributed by atoms with Crippen LogP contribution < -0.4 is 11.1 Å².